The fourth-order valence-electron chi connectivity index (χ4n) is 3.42. The van der Waals surface area contributed by atoms with Crippen LogP contribution in [0.4, 0.5) is 16.3 Å². The molecule has 1 fully saturated rings. The van der Waals surface area contributed by atoms with E-state index in [1.807, 2.05) is 18.2 Å². The molecule has 27 heavy (non-hydrogen) atoms. The number of carbonyl (C=O) groups excluding carboxylic acids is 1. The Balaban J connectivity index is 1.37. The van der Waals surface area contributed by atoms with Gasteiger partial charge in [0, 0.05) is 43.6 Å². The van der Waals surface area contributed by atoms with Crippen LogP contribution in [0, 0.1) is 0 Å². The summed E-state index contributed by atoms with van der Waals surface area (Å²) in [6, 6.07) is 5.57. The molecule has 0 radical (unpaired) electrons. The Morgan fingerprint density at radius 2 is 2.30 bits per heavy atom. The van der Waals surface area contributed by atoms with Crippen molar-refractivity contribution >= 4 is 28.6 Å². The van der Waals surface area contributed by atoms with Gasteiger partial charge in [-0.2, -0.15) is 0 Å². The highest BCUT2D eigenvalue weighted by Gasteiger charge is 2.22. The second-order valence-corrected chi connectivity index (χ2v) is 6.72. The molecule has 3 heterocycles. The van der Waals surface area contributed by atoms with Gasteiger partial charge in [0.15, 0.2) is 0 Å². The predicted molar refractivity (Wildman–Crippen MR) is 105 cm³/mol. The van der Waals surface area contributed by atoms with Gasteiger partial charge in [-0.1, -0.05) is 6.92 Å². The number of carbonyl (C=O) groups is 1. The maximum absolute atomic E-state index is 12.4. The summed E-state index contributed by atoms with van der Waals surface area (Å²) < 4.78 is 0. The third-order valence-electron chi connectivity index (χ3n) is 4.75. The molecule has 1 aliphatic heterocycles. The van der Waals surface area contributed by atoms with E-state index >= 15 is 0 Å². The lowest BCUT2D eigenvalue weighted by atomic mass is 10.1. The molecule has 4 rings (SSSR count). The molecule has 1 aromatic carbocycles. The zero-order valence-corrected chi connectivity index (χ0v) is 15.3. The highest BCUT2D eigenvalue weighted by Crippen LogP contribution is 2.19. The number of hydrogen-bond acceptors (Lipinski definition) is 5. The zero-order valence-electron chi connectivity index (χ0n) is 15.3. The van der Waals surface area contributed by atoms with Crippen LogP contribution in [0.25, 0.3) is 11.0 Å². The lowest BCUT2D eigenvalue weighted by molar-refractivity contribution is 0.246. The van der Waals surface area contributed by atoms with Crippen molar-refractivity contribution in [2.24, 2.45) is 0 Å². The number of anilines is 2. The van der Waals surface area contributed by atoms with Gasteiger partial charge in [-0.25, -0.2) is 14.8 Å². The molecule has 0 spiro atoms. The van der Waals surface area contributed by atoms with Crippen molar-refractivity contribution in [3.63, 3.8) is 0 Å². The summed E-state index contributed by atoms with van der Waals surface area (Å²) in [5, 5.41) is 5.98. The topological polar surface area (TPSA) is 98.8 Å². The van der Waals surface area contributed by atoms with Crippen molar-refractivity contribution in [2.75, 3.05) is 23.3 Å². The minimum absolute atomic E-state index is 0.0725. The SMILES string of the molecule is CCc1nc2ccc(NC(=O)N[C@H]3CCCN(c4cnccn4)C3)cc2[nH]1. The molecule has 140 valence electrons. The molecule has 2 aromatic heterocycles. The van der Waals surface area contributed by atoms with Crippen LogP contribution >= 0.6 is 0 Å². The van der Waals surface area contributed by atoms with Gasteiger partial charge in [0.1, 0.15) is 11.6 Å². The van der Waals surface area contributed by atoms with E-state index in [1.54, 1.807) is 18.6 Å². The number of H-pyrrole nitrogens is 1. The van der Waals surface area contributed by atoms with E-state index in [1.165, 1.54) is 0 Å². The highest BCUT2D eigenvalue weighted by atomic mass is 16.2. The molecule has 1 atom stereocenters. The monoisotopic (exact) mass is 365 g/mol. The first-order valence-corrected chi connectivity index (χ1v) is 9.28. The number of nitrogens with one attached hydrogen (secondary N) is 3. The number of rotatable bonds is 4. The van der Waals surface area contributed by atoms with Gasteiger partial charge < -0.3 is 20.5 Å². The minimum atomic E-state index is -0.199. The Morgan fingerprint density at radius 3 is 3.11 bits per heavy atom. The third-order valence-corrected chi connectivity index (χ3v) is 4.75. The Kier molecular flexibility index (Phi) is 4.86. The summed E-state index contributed by atoms with van der Waals surface area (Å²) in [5.41, 5.74) is 2.58. The van der Waals surface area contributed by atoms with Crippen LogP contribution in [0.3, 0.4) is 0 Å². The number of imidazole rings is 1. The quantitative estimate of drug-likeness (QED) is 0.660. The Labute approximate surface area is 157 Å². The van der Waals surface area contributed by atoms with E-state index in [0.29, 0.717) is 0 Å². The van der Waals surface area contributed by atoms with Crippen LogP contribution in [0.2, 0.25) is 0 Å². The van der Waals surface area contributed by atoms with Crippen LogP contribution < -0.4 is 15.5 Å². The molecule has 8 heteroatoms. The van der Waals surface area contributed by atoms with Gasteiger partial charge in [-0.15, -0.1) is 0 Å². The van der Waals surface area contributed by atoms with E-state index in [2.05, 4.69) is 42.4 Å². The van der Waals surface area contributed by atoms with Crippen molar-refractivity contribution in [2.45, 2.75) is 32.2 Å². The fraction of sp³-hybridized carbons (Fsp3) is 0.368. The maximum atomic E-state index is 12.4. The zero-order chi connectivity index (χ0) is 18.6. The molecule has 1 aliphatic rings. The molecule has 1 saturated heterocycles. The Morgan fingerprint density at radius 1 is 1.37 bits per heavy atom. The lowest BCUT2D eigenvalue weighted by Gasteiger charge is -2.33. The standard InChI is InChI=1S/C19H23N7O/c1-2-17-24-15-6-5-13(10-16(15)25-17)22-19(27)23-14-4-3-9-26(12-14)18-11-20-7-8-21-18/h5-8,10-11,14H,2-4,9,12H2,1H3,(H,24,25)(H2,22,23,27)/t14-/m0/s1. The number of urea groups is 1. The number of amides is 2. The van der Waals surface area contributed by atoms with Gasteiger partial charge in [0.2, 0.25) is 0 Å². The summed E-state index contributed by atoms with van der Waals surface area (Å²) in [7, 11) is 0. The maximum Gasteiger partial charge on any atom is 0.319 e. The first-order valence-electron chi connectivity index (χ1n) is 9.28. The Hall–Kier alpha value is -3.16. The summed E-state index contributed by atoms with van der Waals surface area (Å²) in [4.78, 5) is 30.8. The largest absolute Gasteiger partial charge is 0.353 e. The van der Waals surface area contributed by atoms with Crippen molar-refractivity contribution in [1.29, 1.82) is 0 Å². The van der Waals surface area contributed by atoms with Crippen LogP contribution in [0.1, 0.15) is 25.6 Å². The molecule has 0 aliphatic carbocycles. The van der Waals surface area contributed by atoms with Crippen LogP contribution in [0.5, 0.6) is 0 Å². The highest BCUT2D eigenvalue weighted by molar-refractivity contribution is 5.92. The minimum Gasteiger partial charge on any atom is -0.353 e. The fourth-order valence-corrected chi connectivity index (χ4v) is 3.42. The number of piperidine rings is 1. The number of aromatic amines is 1. The number of nitrogens with zero attached hydrogens (tertiary/aromatic N) is 4. The van der Waals surface area contributed by atoms with E-state index in [9.17, 15) is 4.79 Å². The summed E-state index contributed by atoms with van der Waals surface area (Å²) in [6.45, 7) is 3.71. The molecule has 2 amide bonds. The first-order chi connectivity index (χ1) is 13.2. The normalized spacial score (nSPS) is 17.1. The molecule has 0 unspecified atom stereocenters. The van der Waals surface area contributed by atoms with Gasteiger partial charge in [0.25, 0.3) is 0 Å². The van der Waals surface area contributed by atoms with Crippen molar-refractivity contribution < 1.29 is 4.79 Å². The van der Waals surface area contributed by atoms with Crippen molar-refractivity contribution in [3.8, 4) is 0 Å². The molecule has 8 nitrogen and oxygen atoms in total. The third kappa shape index (κ3) is 3.99. The smallest absolute Gasteiger partial charge is 0.319 e. The molecular formula is C19H23N7O. The number of fused-ring (bicyclic) bond motifs is 1. The molecule has 0 saturated carbocycles. The van der Waals surface area contributed by atoms with Crippen LogP contribution in [-0.2, 0) is 6.42 Å². The van der Waals surface area contributed by atoms with Crippen LogP contribution in [0.15, 0.2) is 36.8 Å². The second-order valence-electron chi connectivity index (χ2n) is 6.72. The average molecular weight is 365 g/mol. The number of aromatic nitrogens is 4. The number of hydrogen-bond donors (Lipinski definition) is 3. The number of aryl methyl sites for hydroxylation is 1. The molecule has 3 aromatic rings. The molecule has 3 N–H and O–H groups in total. The van der Waals surface area contributed by atoms with Crippen molar-refractivity contribution in [1.82, 2.24) is 25.3 Å². The molecular weight excluding hydrogens is 342 g/mol. The van der Waals surface area contributed by atoms with Gasteiger partial charge >= 0.3 is 6.03 Å². The summed E-state index contributed by atoms with van der Waals surface area (Å²) >= 11 is 0. The number of benzene rings is 1. The van der Waals surface area contributed by atoms with E-state index < -0.39 is 0 Å². The van der Waals surface area contributed by atoms with E-state index in [0.717, 1.165) is 60.7 Å². The second kappa shape index (κ2) is 7.61. The molecule has 0 bridgehead atoms. The first kappa shape index (κ1) is 17.3. The van der Waals surface area contributed by atoms with Gasteiger partial charge in [-0.05, 0) is 31.0 Å². The van der Waals surface area contributed by atoms with Crippen LogP contribution in [-0.4, -0.2) is 45.1 Å². The van der Waals surface area contributed by atoms with Gasteiger partial charge in [-0.3, -0.25) is 4.98 Å². The average Bonchev–Trinajstić information content (AvgIpc) is 3.11. The van der Waals surface area contributed by atoms with Gasteiger partial charge in [0.05, 0.1) is 17.2 Å². The Bertz CT molecular complexity index is 924. The summed E-state index contributed by atoms with van der Waals surface area (Å²) in [6.07, 6.45) is 7.91. The van der Waals surface area contributed by atoms with Crippen molar-refractivity contribution in [3.05, 3.63) is 42.6 Å². The lowest BCUT2D eigenvalue weighted by Crippen LogP contribution is -2.49. The van der Waals surface area contributed by atoms with E-state index in [4.69, 9.17) is 0 Å². The predicted octanol–water partition coefficient (Wildman–Crippen LogP) is 2.71. The van der Waals surface area contributed by atoms with E-state index in [-0.39, 0.29) is 12.1 Å². The summed E-state index contributed by atoms with van der Waals surface area (Å²) in [5.74, 6) is 1.79.